The van der Waals surface area contributed by atoms with Gasteiger partial charge in [0.25, 0.3) is 5.91 Å². The highest BCUT2D eigenvalue weighted by Gasteiger charge is 2.22. The van der Waals surface area contributed by atoms with Gasteiger partial charge < -0.3 is 29.1 Å². The normalized spacial score (nSPS) is 9.74. The Kier molecular flexibility index (Phi) is 7.03. The van der Waals surface area contributed by atoms with Crippen molar-refractivity contribution in [2.24, 2.45) is 0 Å². The molecule has 1 amide bonds. The molecular formula is C13H16BNO8. The lowest BCUT2D eigenvalue weighted by Gasteiger charge is -2.20. The second kappa shape index (κ2) is 8.76. The minimum Gasteiger partial charge on any atom is -0.512 e. The summed E-state index contributed by atoms with van der Waals surface area (Å²) >= 11 is 0. The summed E-state index contributed by atoms with van der Waals surface area (Å²) in [5.74, 6) is -1.85. The molecule has 23 heavy (non-hydrogen) atoms. The van der Waals surface area contributed by atoms with Crippen molar-refractivity contribution in [2.45, 2.75) is 0 Å². The van der Waals surface area contributed by atoms with E-state index >= 15 is 0 Å². The first kappa shape index (κ1) is 18.5. The van der Waals surface area contributed by atoms with Gasteiger partial charge >= 0.3 is 19.3 Å². The van der Waals surface area contributed by atoms with Gasteiger partial charge in [-0.25, -0.2) is 0 Å². The zero-order chi connectivity index (χ0) is 17.4. The summed E-state index contributed by atoms with van der Waals surface area (Å²) in [7, 11) is 0.344. The molecule has 9 nitrogen and oxygen atoms in total. The Hall–Kier alpha value is -2.59. The molecule has 0 radical (unpaired) electrons. The minimum atomic E-state index is -1.98. The summed E-state index contributed by atoms with van der Waals surface area (Å²) in [6.45, 7) is -0.837. The van der Waals surface area contributed by atoms with E-state index < -0.39 is 38.3 Å². The SMILES string of the molecule is COC(=O)CN(CC(=O)OC)C(=O)c1ccc(OB(O)O)cc1. The van der Waals surface area contributed by atoms with Crippen molar-refractivity contribution >= 4 is 25.2 Å². The zero-order valence-electron chi connectivity index (χ0n) is 12.6. The van der Waals surface area contributed by atoms with Crippen molar-refractivity contribution in [3.63, 3.8) is 0 Å². The molecule has 0 saturated carbocycles. The Morgan fingerprint density at radius 1 is 1.00 bits per heavy atom. The molecule has 0 atom stereocenters. The molecule has 2 N–H and O–H groups in total. The van der Waals surface area contributed by atoms with Crippen LogP contribution in [0.4, 0.5) is 0 Å². The van der Waals surface area contributed by atoms with Crippen LogP contribution in [0.25, 0.3) is 0 Å². The summed E-state index contributed by atoms with van der Waals surface area (Å²) in [6, 6.07) is 5.37. The molecule has 0 unspecified atom stereocenters. The highest BCUT2D eigenvalue weighted by atomic mass is 16.6. The maximum atomic E-state index is 12.4. The van der Waals surface area contributed by atoms with Crippen LogP contribution in [-0.4, -0.2) is 67.4 Å². The number of nitrogens with zero attached hydrogens (tertiary/aromatic N) is 1. The molecule has 0 fully saturated rings. The predicted molar refractivity (Wildman–Crippen MR) is 77.2 cm³/mol. The maximum Gasteiger partial charge on any atom is 0.707 e. The number of hydrogen-bond acceptors (Lipinski definition) is 8. The number of hydrogen-bond donors (Lipinski definition) is 2. The second-order valence-electron chi connectivity index (χ2n) is 4.28. The summed E-state index contributed by atoms with van der Waals surface area (Å²) in [6.07, 6.45) is 0. The van der Waals surface area contributed by atoms with Crippen LogP contribution < -0.4 is 4.65 Å². The lowest BCUT2D eigenvalue weighted by Crippen LogP contribution is -2.40. The van der Waals surface area contributed by atoms with Crippen LogP contribution in [0.15, 0.2) is 24.3 Å². The molecule has 0 spiro atoms. The summed E-state index contributed by atoms with van der Waals surface area (Å²) < 4.78 is 13.6. The summed E-state index contributed by atoms with van der Waals surface area (Å²) in [5, 5.41) is 17.4. The van der Waals surface area contributed by atoms with Gasteiger partial charge in [0.15, 0.2) is 0 Å². The molecular weight excluding hydrogens is 309 g/mol. The van der Waals surface area contributed by atoms with E-state index in [1.807, 2.05) is 0 Å². The molecule has 0 bridgehead atoms. The van der Waals surface area contributed by atoms with E-state index in [4.69, 9.17) is 10.0 Å². The Balaban J connectivity index is 2.89. The first-order valence-corrected chi connectivity index (χ1v) is 6.43. The number of carbonyl (C=O) groups is 3. The molecule has 0 aromatic heterocycles. The molecule has 1 rings (SSSR count). The molecule has 0 saturated heterocycles. The van der Waals surface area contributed by atoms with E-state index in [0.717, 1.165) is 19.1 Å². The van der Waals surface area contributed by atoms with Crippen molar-refractivity contribution in [2.75, 3.05) is 27.3 Å². The summed E-state index contributed by atoms with van der Waals surface area (Å²) in [5.41, 5.74) is 0.164. The Labute approximate surface area is 132 Å². The summed E-state index contributed by atoms with van der Waals surface area (Å²) in [4.78, 5) is 36.0. The fourth-order valence-electron chi connectivity index (χ4n) is 1.62. The van der Waals surface area contributed by atoms with E-state index in [2.05, 4.69) is 14.1 Å². The molecule has 10 heteroatoms. The molecule has 1 aromatic carbocycles. The highest BCUT2D eigenvalue weighted by molar-refractivity contribution is 6.33. The van der Waals surface area contributed by atoms with Gasteiger partial charge in [-0.05, 0) is 24.3 Å². The fraction of sp³-hybridized carbons (Fsp3) is 0.308. The van der Waals surface area contributed by atoms with E-state index in [9.17, 15) is 14.4 Å². The number of amides is 1. The zero-order valence-corrected chi connectivity index (χ0v) is 12.6. The Morgan fingerprint density at radius 2 is 1.48 bits per heavy atom. The third-order valence-electron chi connectivity index (χ3n) is 2.73. The predicted octanol–water partition coefficient (Wildman–Crippen LogP) is -1.18. The van der Waals surface area contributed by atoms with Gasteiger partial charge in [-0.3, -0.25) is 14.4 Å². The van der Waals surface area contributed by atoms with Crippen LogP contribution >= 0.6 is 0 Å². The second-order valence-corrected chi connectivity index (χ2v) is 4.28. The van der Waals surface area contributed by atoms with Crippen LogP contribution in [-0.2, 0) is 19.1 Å². The van der Waals surface area contributed by atoms with E-state index in [1.54, 1.807) is 0 Å². The third-order valence-corrected chi connectivity index (χ3v) is 2.73. The Morgan fingerprint density at radius 3 is 1.87 bits per heavy atom. The average molecular weight is 325 g/mol. The average Bonchev–Trinajstić information content (AvgIpc) is 2.53. The number of methoxy groups -OCH3 is 2. The van der Waals surface area contributed by atoms with Crippen molar-refractivity contribution < 1.29 is 38.6 Å². The quantitative estimate of drug-likeness (QED) is 0.475. The lowest BCUT2D eigenvalue weighted by molar-refractivity contribution is -0.144. The molecule has 0 aliphatic rings. The van der Waals surface area contributed by atoms with Crippen molar-refractivity contribution in [1.82, 2.24) is 4.90 Å². The van der Waals surface area contributed by atoms with Crippen molar-refractivity contribution in [3.05, 3.63) is 29.8 Å². The first-order chi connectivity index (χ1) is 10.9. The van der Waals surface area contributed by atoms with Crippen LogP contribution in [0.5, 0.6) is 5.75 Å². The molecule has 0 aliphatic heterocycles. The van der Waals surface area contributed by atoms with Gasteiger partial charge in [-0.2, -0.15) is 0 Å². The number of esters is 2. The van der Waals surface area contributed by atoms with Gasteiger partial charge in [0, 0.05) is 5.56 Å². The van der Waals surface area contributed by atoms with Crippen molar-refractivity contribution in [3.8, 4) is 5.75 Å². The number of benzene rings is 1. The standard InChI is InChI=1S/C13H16BNO8/c1-21-11(16)7-15(8-12(17)22-2)13(18)9-3-5-10(6-4-9)23-14(19)20/h3-6,19-20H,7-8H2,1-2H3. The van der Waals surface area contributed by atoms with Gasteiger partial charge in [0.05, 0.1) is 14.2 Å². The molecule has 124 valence electrons. The van der Waals surface area contributed by atoms with Crippen molar-refractivity contribution in [1.29, 1.82) is 0 Å². The van der Waals surface area contributed by atoms with Gasteiger partial charge in [-0.15, -0.1) is 0 Å². The van der Waals surface area contributed by atoms with Crippen LogP contribution in [0, 0.1) is 0 Å². The van der Waals surface area contributed by atoms with Gasteiger partial charge in [0.2, 0.25) is 0 Å². The molecule has 0 aliphatic carbocycles. The van der Waals surface area contributed by atoms with E-state index in [0.29, 0.717) is 0 Å². The first-order valence-electron chi connectivity index (χ1n) is 6.43. The molecule has 0 heterocycles. The number of rotatable bonds is 7. The topological polar surface area (TPSA) is 123 Å². The lowest BCUT2D eigenvalue weighted by atomic mass is 10.1. The van der Waals surface area contributed by atoms with E-state index in [1.165, 1.54) is 24.3 Å². The highest BCUT2D eigenvalue weighted by Crippen LogP contribution is 2.14. The number of ether oxygens (including phenoxy) is 2. The maximum absolute atomic E-state index is 12.4. The minimum absolute atomic E-state index is 0.129. The van der Waals surface area contributed by atoms with E-state index in [-0.39, 0.29) is 11.3 Å². The largest absolute Gasteiger partial charge is 0.707 e. The monoisotopic (exact) mass is 325 g/mol. The smallest absolute Gasteiger partial charge is 0.512 e. The van der Waals surface area contributed by atoms with Crippen LogP contribution in [0.2, 0.25) is 0 Å². The Bertz CT molecular complexity index is 542. The van der Waals surface area contributed by atoms with Gasteiger partial charge in [-0.1, -0.05) is 0 Å². The van der Waals surface area contributed by atoms with Crippen LogP contribution in [0.3, 0.4) is 0 Å². The van der Waals surface area contributed by atoms with Crippen LogP contribution in [0.1, 0.15) is 10.4 Å². The number of carbonyl (C=O) groups excluding carboxylic acids is 3. The third kappa shape index (κ3) is 5.97. The molecule has 1 aromatic rings. The fourth-order valence-corrected chi connectivity index (χ4v) is 1.62. The van der Waals surface area contributed by atoms with Gasteiger partial charge in [0.1, 0.15) is 18.8 Å².